The molecule has 0 spiro atoms. The molecule has 0 N–H and O–H groups in total. The molecule has 1 amide bonds. The lowest BCUT2D eigenvalue weighted by Gasteiger charge is -2.39. The second kappa shape index (κ2) is 7.48. The summed E-state index contributed by atoms with van der Waals surface area (Å²) in [5.41, 5.74) is 1.94. The van der Waals surface area contributed by atoms with Crippen molar-refractivity contribution < 1.29 is 13.2 Å². The molecule has 1 aliphatic rings. The normalized spacial score (nSPS) is 22.0. The van der Waals surface area contributed by atoms with Crippen molar-refractivity contribution in [2.24, 2.45) is 0 Å². The van der Waals surface area contributed by atoms with Gasteiger partial charge in [0.1, 0.15) is 5.75 Å². The number of carbonyl (C=O) groups is 1. The highest BCUT2D eigenvalue weighted by Gasteiger charge is 2.31. The van der Waals surface area contributed by atoms with Crippen molar-refractivity contribution >= 4 is 15.7 Å². The number of amides is 1. The molecule has 0 saturated carbocycles. The van der Waals surface area contributed by atoms with E-state index in [9.17, 15) is 13.2 Å². The molecule has 0 aliphatic carbocycles. The third kappa shape index (κ3) is 5.30. The average Bonchev–Trinajstić information content (AvgIpc) is 2.45. The van der Waals surface area contributed by atoms with Crippen molar-refractivity contribution in [3.05, 3.63) is 35.4 Å². The van der Waals surface area contributed by atoms with E-state index < -0.39 is 15.6 Å². The van der Waals surface area contributed by atoms with Crippen molar-refractivity contribution in [2.45, 2.75) is 77.1 Å². The van der Waals surface area contributed by atoms with E-state index in [4.69, 9.17) is 0 Å². The highest BCUT2D eigenvalue weighted by atomic mass is 32.2. The van der Waals surface area contributed by atoms with Crippen molar-refractivity contribution in [2.75, 3.05) is 5.75 Å². The molecular formula is C20H31NO3S. The molecule has 0 unspecified atom stereocenters. The van der Waals surface area contributed by atoms with Crippen molar-refractivity contribution in [1.29, 1.82) is 0 Å². The Morgan fingerprint density at radius 3 is 2.08 bits per heavy atom. The number of rotatable bonds is 4. The van der Waals surface area contributed by atoms with Gasteiger partial charge in [0.05, 0.1) is 5.75 Å². The van der Waals surface area contributed by atoms with E-state index >= 15 is 0 Å². The summed E-state index contributed by atoms with van der Waals surface area (Å²) in [6, 6.07) is 7.90. The molecular weight excluding hydrogens is 334 g/mol. The van der Waals surface area contributed by atoms with Crippen molar-refractivity contribution in [1.82, 2.24) is 4.90 Å². The Morgan fingerprint density at radius 1 is 1.08 bits per heavy atom. The predicted octanol–water partition coefficient (Wildman–Crippen LogP) is 3.69. The smallest absolute Gasteiger partial charge is 0.238 e. The summed E-state index contributed by atoms with van der Waals surface area (Å²) in [7, 11) is -3.47. The third-order valence-corrected chi connectivity index (χ3v) is 6.49. The van der Waals surface area contributed by atoms with Crippen LogP contribution in [-0.2, 0) is 25.8 Å². The monoisotopic (exact) mass is 365 g/mol. The minimum atomic E-state index is -3.47. The molecule has 2 rings (SSSR count). The van der Waals surface area contributed by atoms with Crippen LogP contribution < -0.4 is 0 Å². The number of nitrogens with zero attached hydrogens (tertiary/aromatic N) is 1. The Kier molecular flexibility index (Phi) is 5.97. The summed E-state index contributed by atoms with van der Waals surface area (Å²) in [5, 5.41) is 0. The van der Waals surface area contributed by atoms with Crippen LogP contribution in [0.5, 0.6) is 0 Å². The summed E-state index contributed by atoms with van der Waals surface area (Å²) in [6.07, 6.45) is 2.99. The first-order valence-electron chi connectivity index (χ1n) is 9.10. The zero-order chi connectivity index (χ0) is 18.8. The lowest BCUT2D eigenvalue weighted by atomic mass is 9.87. The van der Waals surface area contributed by atoms with Crippen LogP contribution >= 0.6 is 0 Å². The molecule has 25 heavy (non-hydrogen) atoms. The van der Waals surface area contributed by atoms with Gasteiger partial charge in [0.25, 0.3) is 0 Å². The first-order valence-corrected chi connectivity index (χ1v) is 10.9. The van der Waals surface area contributed by atoms with E-state index in [-0.39, 0.29) is 29.2 Å². The fourth-order valence-electron chi connectivity index (χ4n) is 3.58. The Balaban J connectivity index is 2.05. The van der Waals surface area contributed by atoms with Crippen LogP contribution in [0, 0.1) is 0 Å². The van der Waals surface area contributed by atoms with E-state index in [0.717, 1.165) is 24.8 Å². The molecule has 1 fully saturated rings. The number of carbonyl (C=O) groups excluding carboxylic acids is 1. The Labute approximate surface area is 152 Å². The topological polar surface area (TPSA) is 54.5 Å². The average molecular weight is 366 g/mol. The van der Waals surface area contributed by atoms with Gasteiger partial charge in [-0.05, 0) is 49.7 Å². The molecule has 1 saturated heterocycles. The summed E-state index contributed by atoms with van der Waals surface area (Å²) in [5.74, 6) is -0.742. The maximum atomic E-state index is 12.6. The summed E-state index contributed by atoms with van der Waals surface area (Å²) in [6.45, 7) is 10.4. The minimum absolute atomic E-state index is 0.0356. The molecule has 2 atom stereocenters. The van der Waals surface area contributed by atoms with Crippen LogP contribution in [0.25, 0.3) is 0 Å². The molecule has 1 aromatic carbocycles. The van der Waals surface area contributed by atoms with Crippen LogP contribution in [0.1, 0.15) is 65.0 Å². The number of hydrogen-bond donors (Lipinski definition) is 0. The maximum absolute atomic E-state index is 12.6. The lowest BCUT2D eigenvalue weighted by Crippen LogP contribution is -2.49. The maximum Gasteiger partial charge on any atom is 0.238 e. The number of hydrogen-bond acceptors (Lipinski definition) is 3. The standard InChI is InChI=1S/C20H31NO3S/c1-15-7-6-8-16(2)21(15)19(22)14-25(23,24)13-17-9-11-18(12-10-17)20(3,4)5/h9-12,15-16H,6-8,13-14H2,1-5H3/t15-,16-/m1/s1. The van der Waals surface area contributed by atoms with Crippen LogP contribution in [-0.4, -0.2) is 37.1 Å². The van der Waals surface area contributed by atoms with Gasteiger partial charge in [0, 0.05) is 12.1 Å². The Bertz CT molecular complexity index is 691. The molecule has 1 heterocycles. The van der Waals surface area contributed by atoms with Gasteiger partial charge in [-0.1, -0.05) is 45.0 Å². The first-order chi connectivity index (χ1) is 11.5. The highest BCUT2D eigenvalue weighted by molar-refractivity contribution is 7.91. The summed E-state index contributed by atoms with van der Waals surface area (Å²) < 4.78 is 25.0. The summed E-state index contributed by atoms with van der Waals surface area (Å²) in [4.78, 5) is 14.3. The van der Waals surface area contributed by atoms with Crippen LogP contribution in [0.15, 0.2) is 24.3 Å². The molecule has 140 valence electrons. The summed E-state index contributed by atoms with van der Waals surface area (Å²) >= 11 is 0. The molecule has 0 radical (unpaired) electrons. The van der Waals surface area contributed by atoms with Gasteiger partial charge in [-0.15, -0.1) is 0 Å². The van der Waals surface area contributed by atoms with E-state index in [1.165, 1.54) is 5.56 Å². The van der Waals surface area contributed by atoms with Gasteiger partial charge in [-0.3, -0.25) is 4.79 Å². The molecule has 1 aromatic rings. The van der Waals surface area contributed by atoms with Gasteiger partial charge in [-0.25, -0.2) is 8.42 Å². The van der Waals surface area contributed by atoms with Crippen LogP contribution in [0.3, 0.4) is 0 Å². The Hall–Kier alpha value is -1.36. The molecule has 0 bridgehead atoms. The minimum Gasteiger partial charge on any atom is -0.336 e. The fraction of sp³-hybridized carbons (Fsp3) is 0.650. The largest absolute Gasteiger partial charge is 0.336 e. The third-order valence-electron chi connectivity index (χ3n) is 5.03. The van der Waals surface area contributed by atoms with E-state index in [1.807, 2.05) is 38.1 Å². The fourth-order valence-corrected chi connectivity index (χ4v) is 4.91. The zero-order valence-corrected chi connectivity index (χ0v) is 16.9. The van der Waals surface area contributed by atoms with Gasteiger partial charge in [0.2, 0.25) is 5.91 Å². The van der Waals surface area contributed by atoms with Crippen LogP contribution in [0.4, 0.5) is 0 Å². The molecule has 4 nitrogen and oxygen atoms in total. The quantitative estimate of drug-likeness (QED) is 0.818. The van der Waals surface area contributed by atoms with Crippen molar-refractivity contribution in [3.8, 4) is 0 Å². The SMILES string of the molecule is C[C@@H]1CCC[C@@H](C)N1C(=O)CS(=O)(=O)Cc1ccc(C(C)(C)C)cc1. The number of piperidine rings is 1. The van der Waals surface area contributed by atoms with Crippen molar-refractivity contribution in [3.63, 3.8) is 0 Å². The van der Waals surface area contributed by atoms with Gasteiger partial charge in [-0.2, -0.15) is 0 Å². The predicted molar refractivity (Wildman–Crippen MR) is 102 cm³/mol. The van der Waals surface area contributed by atoms with Gasteiger partial charge < -0.3 is 4.90 Å². The van der Waals surface area contributed by atoms with Crippen LogP contribution in [0.2, 0.25) is 0 Å². The first kappa shape index (κ1) is 20.0. The van der Waals surface area contributed by atoms with E-state index in [0.29, 0.717) is 0 Å². The molecule has 1 aliphatic heterocycles. The number of likely N-dealkylation sites (tertiary alicyclic amines) is 1. The molecule has 0 aromatic heterocycles. The lowest BCUT2D eigenvalue weighted by molar-refractivity contribution is -0.134. The molecule has 5 heteroatoms. The van der Waals surface area contributed by atoms with E-state index in [2.05, 4.69) is 20.8 Å². The highest BCUT2D eigenvalue weighted by Crippen LogP contribution is 2.24. The number of benzene rings is 1. The zero-order valence-electron chi connectivity index (χ0n) is 16.1. The van der Waals surface area contributed by atoms with Gasteiger partial charge in [0.15, 0.2) is 9.84 Å². The second-order valence-corrected chi connectivity index (χ2v) is 10.5. The van der Waals surface area contributed by atoms with Gasteiger partial charge >= 0.3 is 0 Å². The Morgan fingerprint density at radius 2 is 1.60 bits per heavy atom. The van der Waals surface area contributed by atoms with E-state index in [1.54, 1.807) is 4.90 Å². The number of sulfone groups is 1. The second-order valence-electron chi connectivity index (χ2n) is 8.41.